The second-order valence-corrected chi connectivity index (χ2v) is 6.74. The van der Waals surface area contributed by atoms with Crippen molar-refractivity contribution in [2.45, 2.75) is 39.3 Å². The Labute approximate surface area is 138 Å². The first-order chi connectivity index (χ1) is 11.1. The number of likely N-dealkylation sites (tertiary alicyclic amines) is 1. The van der Waals surface area contributed by atoms with Gasteiger partial charge in [-0.2, -0.15) is 5.10 Å². The van der Waals surface area contributed by atoms with Gasteiger partial charge in [0.1, 0.15) is 0 Å². The highest BCUT2D eigenvalue weighted by Crippen LogP contribution is 2.31. The second kappa shape index (κ2) is 6.85. The summed E-state index contributed by atoms with van der Waals surface area (Å²) in [5, 5.41) is 15.1. The van der Waals surface area contributed by atoms with Crippen LogP contribution in [0.4, 0.5) is 0 Å². The smallest absolute Gasteiger partial charge is 0.0819 e. The highest BCUT2D eigenvalue weighted by Gasteiger charge is 2.26. The molecule has 1 saturated heterocycles. The van der Waals surface area contributed by atoms with Gasteiger partial charge in [-0.3, -0.25) is 9.58 Å². The molecule has 1 N–H and O–H groups in total. The third-order valence-electron chi connectivity index (χ3n) is 5.26. The molecule has 1 aliphatic rings. The molecule has 0 saturated carbocycles. The molecular formula is C19H27N3O. The fraction of sp³-hybridized carbons (Fsp3) is 0.526. The van der Waals surface area contributed by atoms with E-state index in [4.69, 9.17) is 0 Å². The molecule has 0 bridgehead atoms. The Morgan fingerprint density at radius 2 is 1.83 bits per heavy atom. The van der Waals surface area contributed by atoms with Crippen LogP contribution < -0.4 is 0 Å². The van der Waals surface area contributed by atoms with E-state index < -0.39 is 0 Å². The summed E-state index contributed by atoms with van der Waals surface area (Å²) >= 11 is 0. The van der Waals surface area contributed by atoms with Crippen molar-refractivity contribution in [1.29, 1.82) is 0 Å². The third kappa shape index (κ3) is 3.48. The van der Waals surface area contributed by atoms with Crippen molar-refractivity contribution in [3.05, 3.63) is 52.8 Å². The van der Waals surface area contributed by atoms with Gasteiger partial charge in [-0.25, -0.2) is 0 Å². The van der Waals surface area contributed by atoms with Crippen LogP contribution in [0.5, 0.6) is 0 Å². The summed E-state index contributed by atoms with van der Waals surface area (Å²) in [6.07, 6.45) is 1.77. The molecule has 1 atom stereocenters. The summed E-state index contributed by atoms with van der Waals surface area (Å²) in [5.41, 5.74) is 4.80. The van der Waals surface area contributed by atoms with Crippen LogP contribution in [0, 0.1) is 19.8 Å². The molecule has 1 unspecified atom stereocenters. The predicted molar refractivity (Wildman–Crippen MR) is 92.1 cm³/mol. The minimum Gasteiger partial charge on any atom is -0.388 e. The molecule has 4 nitrogen and oxygen atoms in total. The summed E-state index contributed by atoms with van der Waals surface area (Å²) in [6.45, 7) is 7.29. The fourth-order valence-corrected chi connectivity index (χ4v) is 3.62. The maximum absolute atomic E-state index is 10.6. The molecular weight excluding hydrogens is 286 g/mol. The van der Waals surface area contributed by atoms with E-state index in [1.165, 1.54) is 11.3 Å². The van der Waals surface area contributed by atoms with Crippen molar-refractivity contribution in [3.8, 4) is 0 Å². The fourth-order valence-electron chi connectivity index (χ4n) is 3.62. The van der Waals surface area contributed by atoms with Gasteiger partial charge in [-0.05, 0) is 51.3 Å². The van der Waals surface area contributed by atoms with Crippen LogP contribution in [0.15, 0.2) is 30.3 Å². The molecule has 0 radical (unpaired) electrons. The number of benzene rings is 1. The van der Waals surface area contributed by atoms with E-state index in [0.717, 1.165) is 43.7 Å². The van der Waals surface area contributed by atoms with Gasteiger partial charge in [0.25, 0.3) is 0 Å². The van der Waals surface area contributed by atoms with Gasteiger partial charge >= 0.3 is 0 Å². The number of aliphatic hydroxyl groups is 1. The normalized spacial score (nSPS) is 18.3. The zero-order valence-corrected chi connectivity index (χ0v) is 14.4. The van der Waals surface area contributed by atoms with Crippen LogP contribution in [-0.4, -0.2) is 32.9 Å². The molecule has 1 aromatic carbocycles. The summed E-state index contributed by atoms with van der Waals surface area (Å²) in [5.74, 6) is 0.366. The van der Waals surface area contributed by atoms with Crippen molar-refractivity contribution in [1.82, 2.24) is 14.7 Å². The Hall–Kier alpha value is -1.65. The van der Waals surface area contributed by atoms with Gasteiger partial charge in [0, 0.05) is 24.8 Å². The number of aliphatic hydroxyl groups excluding tert-OH is 1. The zero-order valence-electron chi connectivity index (χ0n) is 14.4. The van der Waals surface area contributed by atoms with Gasteiger partial charge in [0.05, 0.1) is 11.8 Å². The number of aryl methyl sites for hydroxylation is 2. The average molecular weight is 313 g/mol. The highest BCUT2D eigenvalue weighted by molar-refractivity contribution is 5.24. The maximum atomic E-state index is 10.6. The van der Waals surface area contributed by atoms with Gasteiger partial charge in [-0.1, -0.05) is 30.3 Å². The number of hydrogen-bond donors (Lipinski definition) is 1. The largest absolute Gasteiger partial charge is 0.388 e. The average Bonchev–Trinajstić information content (AvgIpc) is 2.82. The van der Waals surface area contributed by atoms with Gasteiger partial charge in [0.15, 0.2) is 0 Å². The van der Waals surface area contributed by atoms with Crippen LogP contribution >= 0.6 is 0 Å². The molecule has 0 aliphatic carbocycles. The molecule has 1 aliphatic heterocycles. The molecule has 124 valence electrons. The van der Waals surface area contributed by atoms with E-state index in [9.17, 15) is 5.11 Å². The summed E-state index contributed by atoms with van der Waals surface area (Å²) < 4.78 is 1.97. The first-order valence-electron chi connectivity index (χ1n) is 8.50. The van der Waals surface area contributed by atoms with Crippen LogP contribution in [-0.2, 0) is 13.6 Å². The molecule has 4 heteroatoms. The summed E-state index contributed by atoms with van der Waals surface area (Å²) in [4.78, 5) is 2.49. The van der Waals surface area contributed by atoms with Crippen LogP contribution in [0.1, 0.15) is 41.5 Å². The van der Waals surface area contributed by atoms with E-state index in [1.54, 1.807) is 0 Å². The van der Waals surface area contributed by atoms with Crippen LogP contribution in [0.25, 0.3) is 0 Å². The molecule has 0 spiro atoms. The lowest BCUT2D eigenvalue weighted by Gasteiger charge is -2.34. The second-order valence-electron chi connectivity index (χ2n) is 6.74. The first-order valence-corrected chi connectivity index (χ1v) is 8.50. The van der Waals surface area contributed by atoms with Crippen molar-refractivity contribution >= 4 is 0 Å². The minimum atomic E-state index is -0.333. The molecule has 0 amide bonds. The molecule has 3 rings (SSSR count). The molecule has 1 fully saturated rings. The Kier molecular flexibility index (Phi) is 4.83. The number of nitrogens with zero attached hydrogens (tertiary/aromatic N) is 3. The molecule has 23 heavy (non-hydrogen) atoms. The molecule has 1 aromatic heterocycles. The zero-order chi connectivity index (χ0) is 16.4. The van der Waals surface area contributed by atoms with Gasteiger partial charge < -0.3 is 5.11 Å². The Bertz CT molecular complexity index is 642. The van der Waals surface area contributed by atoms with Crippen LogP contribution in [0.2, 0.25) is 0 Å². The predicted octanol–water partition coefficient (Wildman–Crippen LogP) is 2.98. The lowest BCUT2D eigenvalue weighted by molar-refractivity contribution is 0.0566. The quantitative estimate of drug-likeness (QED) is 0.943. The lowest BCUT2D eigenvalue weighted by Crippen LogP contribution is -2.35. The van der Waals surface area contributed by atoms with Crippen molar-refractivity contribution in [3.63, 3.8) is 0 Å². The highest BCUT2D eigenvalue weighted by atomic mass is 16.3. The summed E-state index contributed by atoms with van der Waals surface area (Å²) in [7, 11) is 2.01. The number of rotatable bonds is 4. The Balaban J connectivity index is 1.58. The lowest BCUT2D eigenvalue weighted by atomic mass is 9.87. The minimum absolute atomic E-state index is 0.333. The Morgan fingerprint density at radius 3 is 2.39 bits per heavy atom. The van der Waals surface area contributed by atoms with E-state index in [2.05, 4.69) is 23.8 Å². The number of aromatic nitrogens is 2. The van der Waals surface area contributed by atoms with Crippen LogP contribution in [0.3, 0.4) is 0 Å². The Morgan fingerprint density at radius 1 is 1.17 bits per heavy atom. The topological polar surface area (TPSA) is 41.3 Å². The maximum Gasteiger partial charge on any atom is 0.0819 e. The van der Waals surface area contributed by atoms with Gasteiger partial charge in [0.2, 0.25) is 0 Å². The van der Waals surface area contributed by atoms with Crippen molar-refractivity contribution in [2.24, 2.45) is 13.0 Å². The standard InChI is InChI=1S/C19H27N3O/c1-14-18(15(2)21(3)20-14)13-22-11-9-17(10-12-22)19(23)16-7-5-4-6-8-16/h4-8,17,19,23H,9-13H2,1-3H3. The number of hydrogen-bond acceptors (Lipinski definition) is 3. The van der Waals surface area contributed by atoms with E-state index in [0.29, 0.717) is 5.92 Å². The SMILES string of the molecule is Cc1nn(C)c(C)c1CN1CCC(C(O)c2ccccc2)CC1. The van der Waals surface area contributed by atoms with E-state index >= 15 is 0 Å². The van der Waals surface area contributed by atoms with Gasteiger partial charge in [-0.15, -0.1) is 0 Å². The van der Waals surface area contributed by atoms with E-state index in [-0.39, 0.29) is 6.10 Å². The molecule has 2 heterocycles. The summed E-state index contributed by atoms with van der Waals surface area (Å²) in [6, 6.07) is 10.1. The van der Waals surface area contributed by atoms with E-state index in [1.807, 2.05) is 42.1 Å². The third-order valence-corrected chi connectivity index (χ3v) is 5.26. The van der Waals surface area contributed by atoms with Crippen molar-refractivity contribution in [2.75, 3.05) is 13.1 Å². The molecule has 2 aromatic rings. The number of piperidine rings is 1. The monoisotopic (exact) mass is 313 g/mol. The first kappa shape index (κ1) is 16.2. The van der Waals surface area contributed by atoms with Crippen molar-refractivity contribution < 1.29 is 5.11 Å².